The van der Waals surface area contributed by atoms with Crippen molar-refractivity contribution >= 4 is 17.3 Å². The van der Waals surface area contributed by atoms with E-state index in [2.05, 4.69) is 0 Å². The number of carbonyl (C=O) groups excluding carboxylic acids is 1. The third-order valence-corrected chi connectivity index (χ3v) is 3.16. The molecule has 0 saturated heterocycles. The lowest BCUT2D eigenvalue weighted by molar-refractivity contribution is -0.133. The number of carbonyl (C=O) groups is 1. The molecule has 0 aliphatic heterocycles. The molecule has 94 valence electrons. The van der Waals surface area contributed by atoms with Gasteiger partial charge in [0.1, 0.15) is 5.75 Å². The van der Waals surface area contributed by atoms with Crippen LogP contribution in [0.2, 0.25) is 0 Å². The van der Waals surface area contributed by atoms with E-state index in [1.807, 2.05) is 17.5 Å². The average molecular weight is 264 g/mol. The summed E-state index contributed by atoms with van der Waals surface area (Å²) in [5, 5.41) is 11.5. The number of rotatable bonds is 4. The molecule has 5 heteroatoms. The first-order chi connectivity index (χ1) is 8.69. The van der Waals surface area contributed by atoms with Crippen molar-refractivity contribution in [2.75, 3.05) is 7.11 Å². The summed E-state index contributed by atoms with van der Waals surface area (Å²) < 4.78 is 10.0. The van der Waals surface area contributed by atoms with E-state index in [-0.39, 0.29) is 18.1 Å². The third-order valence-electron chi connectivity index (χ3n) is 2.28. The molecule has 0 amide bonds. The number of phenols is 1. The minimum absolute atomic E-state index is 0.0566. The van der Waals surface area contributed by atoms with Crippen LogP contribution in [0.15, 0.2) is 35.7 Å². The zero-order valence-corrected chi connectivity index (χ0v) is 10.6. The molecule has 0 bridgehead atoms. The predicted octanol–water partition coefficient (Wildman–Crippen LogP) is 2.61. The number of benzene rings is 1. The number of methoxy groups -OCH3 is 1. The number of ether oxygens (including phenoxy) is 2. The van der Waals surface area contributed by atoms with Crippen LogP contribution in [0.25, 0.3) is 0 Å². The molecule has 1 N–H and O–H groups in total. The van der Waals surface area contributed by atoms with Gasteiger partial charge in [-0.05, 0) is 23.6 Å². The molecule has 2 aromatic rings. The van der Waals surface area contributed by atoms with Gasteiger partial charge in [0.05, 0.1) is 13.5 Å². The molecule has 0 aliphatic rings. The van der Waals surface area contributed by atoms with Crippen LogP contribution in [0, 0.1) is 0 Å². The molecule has 1 heterocycles. The van der Waals surface area contributed by atoms with Crippen LogP contribution in [0.1, 0.15) is 4.88 Å². The van der Waals surface area contributed by atoms with Crippen molar-refractivity contribution in [3.8, 4) is 17.2 Å². The van der Waals surface area contributed by atoms with Crippen molar-refractivity contribution in [2.24, 2.45) is 0 Å². The Hall–Kier alpha value is -2.01. The first-order valence-electron chi connectivity index (χ1n) is 5.29. The standard InChI is InChI=1S/C13H12O4S/c1-16-12-5-4-9(7-11(12)14)17-13(15)8-10-3-2-6-18-10/h2-7,14H,8H2,1H3. The molecule has 4 nitrogen and oxygen atoms in total. The van der Waals surface area contributed by atoms with Crippen LogP contribution in [0.3, 0.4) is 0 Å². The van der Waals surface area contributed by atoms with Crippen LogP contribution < -0.4 is 9.47 Å². The summed E-state index contributed by atoms with van der Waals surface area (Å²) in [7, 11) is 1.46. The van der Waals surface area contributed by atoms with Gasteiger partial charge in [0, 0.05) is 10.9 Å². The fraction of sp³-hybridized carbons (Fsp3) is 0.154. The van der Waals surface area contributed by atoms with Gasteiger partial charge in [-0.3, -0.25) is 4.79 Å². The predicted molar refractivity (Wildman–Crippen MR) is 68.3 cm³/mol. The summed E-state index contributed by atoms with van der Waals surface area (Å²) in [5.74, 6) is 0.226. The summed E-state index contributed by atoms with van der Waals surface area (Å²) in [4.78, 5) is 12.6. The van der Waals surface area contributed by atoms with Crippen molar-refractivity contribution in [2.45, 2.75) is 6.42 Å². The first-order valence-corrected chi connectivity index (χ1v) is 6.17. The van der Waals surface area contributed by atoms with Gasteiger partial charge in [0.25, 0.3) is 0 Å². The second-order valence-electron chi connectivity index (χ2n) is 3.56. The van der Waals surface area contributed by atoms with Gasteiger partial charge >= 0.3 is 5.97 Å². The van der Waals surface area contributed by atoms with Gasteiger partial charge in [-0.15, -0.1) is 11.3 Å². The Morgan fingerprint density at radius 1 is 1.39 bits per heavy atom. The Balaban J connectivity index is 2.01. The highest BCUT2D eigenvalue weighted by atomic mass is 32.1. The maximum Gasteiger partial charge on any atom is 0.316 e. The van der Waals surface area contributed by atoms with Crippen molar-refractivity contribution in [3.05, 3.63) is 40.6 Å². The number of esters is 1. The minimum atomic E-state index is -0.359. The van der Waals surface area contributed by atoms with Gasteiger partial charge < -0.3 is 14.6 Å². The SMILES string of the molecule is COc1ccc(OC(=O)Cc2cccs2)cc1O. The summed E-state index contributed by atoms with van der Waals surface area (Å²) in [6.45, 7) is 0. The number of thiophene rings is 1. The van der Waals surface area contributed by atoms with E-state index in [1.54, 1.807) is 12.1 Å². The summed E-state index contributed by atoms with van der Waals surface area (Å²) in [6.07, 6.45) is 0.227. The maximum atomic E-state index is 11.6. The van der Waals surface area contributed by atoms with Gasteiger partial charge in [-0.1, -0.05) is 6.07 Å². The van der Waals surface area contributed by atoms with Crippen LogP contribution in [-0.2, 0) is 11.2 Å². The molecule has 1 aromatic carbocycles. The quantitative estimate of drug-likeness (QED) is 0.681. The Kier molecular flexibility index (Phi) is 3.84. The fourth-order valence-corrected chi connectivity index (χ4v) is 2.15. The van der Waals surface area contributed by atoms with E-state index >= 15 is 0 Å². The normalized spacial score (nSPS) is 10.1. The second kappa shape index (κ2) is 5.55. The molecule has 0 saturated carbocycles. The largest absolute Gasteiger partial charge is 0.504 e. The van der Waals surface area contributed by atoms with Gasteiger partial charge in [0.15, 0.2) is 11.5 Å². The van der Waals surface area contributed by atoms with Gasteiger partial charge in [-0.25, -0.2) is 0 Å². The molecule has 0 atom stereocenters. The Morgan fingerprint density at radius 2 is 2.22 bits per heavy atom. The molecule has 2 rings (SSSR count). The molecule has 0 unspecified atom stereocenters. The molecule has 0 spiro atoms. The van der Waals surface area contributed by atoms with E-state index in [9.17, 15) is 9.90 Å². The number of phenolic OH excluding ortho intramolecular Hbond substituents is 1. The van der Waals surface area contributed by atoms with Crippen LogP contribution >= 0.6 is 11.3 Å². The second-order valence-corrected chi connectivity index (χ2v) is 4.60. The summed E-state index contributed by atoms with van der Waals surface area (Å²) >= 11 is 1.50. The summed E-state index contributed by atoms with van der Waals surface area (Å²) in [5.41, 5.74) is 0. The molecule has 18 heavy (non-hydrogen) atoms. The Bertz CT molecular complexity index is 534. The van der Waals surface area contributed by atoms with E-state index in [0.29, 0.717) is 11.5 Å². The van der Waals surface area contributed by atoms with Crippen LogP contribution in [-0.4, -0.2) is 18.2 Å². The maximum absolute atomic E-state index is 11.6. The highest BCUT2D eigenvalue weighted by Gasteiger charge is 2.09. The van der Waals surface area contributed by atoms with E-state index in [1.165, 1.54) is 24.5 Å². The number of hydrogen-bond acceptors (Lipinski definition) is 5. The van der Waals surface area contributed by atoms with Gasteiger partial charge in [-0.2, -0.15) is 0 Å². The molecule has 0 aliphatic carbocycles. The monoisotopic (exact) mass is 264 g/mol. The molecule has 0 radical (unpaired) electrons. The van der Waals surface area contributed by atoms with Crippen molar-refractivity contribution in [1.82, 2.24) is 0 Å². The Morgan fingerprint density at radius 3 is 2.83 bits per heavy atom. The molecule has 1 aromatic heterocycles. The molecule has 0 fully saturated rings. The smallest absolute Gasteiger partial charge is 0.316 e. The lowest BCUT2D eigenvalue weighted by atomic mass is 10.3. The average Bonchev–Trinajstić information content (AvgIpc) is 2.82. The minimum Gasteiger partial charge on any atom is -0.504 e. The summed E-state index contributed by atoms with van der Waals surface area (Å²) in [6, 6.07) is 8.23. The van der Waals surface area contributed by atoms with Crippen LogP contribution in [0.5, 0.6) is 17.2 Å². The zero-order chi connectivity index (χ0) is 13.0. The van der Waals surface area contributed by atoms with Crippen molar-refractivity contribution in [1.29, 1.82) is 0 Å². The lowest BCUT2D eigenvalue weighted by Gasteiger charge is -2.06. The molecular weight excluding hydrogens is 252 g/mol. The topological polar surface area (TPSA) is 55.8 Å². The van der Waals surface area contributed by atoms with E-state index in [0.717, 1.165) is 4.88 Å². The van der Waals surface area contributed by atoms with Gasteiger partial charge in [0.2, 0.25) is 0 Å². The number of hydrogen-bond donors (Lipinski definition) is 1. The highest BCUT2D eigenvalue weighted by molar-refractivity contribution is 7.10. The number of aromatic hydroxyl groups is 1. The van der Waals surface area contributed by atoms with Crippen molar-refractivity contribution in [3.63, 3.8) is 0 Å². The van der Waals surface area contributed by atoms with Crippen molar-refractivity contribution < 1.29 is 19.4 Å². The molecular formula is C13H12O4S. The fourth-order valence-electron chi connectivity index (χ4n) is 1.46. The van der Waals surface area contributed by atoms with E-state index < -0.39 is 0 Å². The zero-order valence-electron chi connectivity index (χ0n) is 9.75. The highest BCUT2D eigenvalue weighted by Crippen LogP contribution is 2.29. The third kappa shape index (κ3) is 3.01. The van der Waals surface area contributed by atoms with E-state index in [4.69, 9.17) is 9.47 Å². The van der Waals surface area contributed by atoms with Crippen LogP contribution in [0.4, 0.5) is 0 Å². The Labute approximate surface area is 108 Å². The first kappa shape index (κ1) is 12.4. The lowest BCUT2D eigenvalue weighted by Crippen LogP contribution is -2.10.